The second-order valence-corrected chi connectivity index (χ2v) is 6.26. The molecule has 0 saturated carbocycles. The van der Waals surface area contributed by atoms with Crippen molar-refractivity contribution in [1.29, 1.82) is 0 Å². The lowest BCUT2D eigenvalue weighted by Gasteiger charge is -2.32. The smallest absolute Gasteiger partial charge is 0.410 e. The minimum absolute atomic E-state index is 0.0100. The van der Waals surface area contributed by atoms with Gasteiger partial charge in [0.1, 0.15) is 11.4 Å². The molecule has 1 amide bonds. The van der Waals surface area contributed by atoms with Crippen molar-refractivity contribution in [2.45, 2.75) is 38.7 Å². The summed E-state index contributed by atoms with van der Waals surface area (Å²) in [6.07, 6.45) is 0.00943. The predicted octanol–water partition coefficient (Wildman–Crippen LogP) is 3.12. The average molecular weight is 293 g/mol. The molecule has 0 aromatic heterocycles. The van der Waals surface area contributed by atoms with Crippen molar-refractivity contribution in [3.63, 3.8) is 0 Å². The predicted molar refractivity (Wildman–Crippen MR) is 76.6 cm³/mol. The zero-order valence-corrected chi connectivity index (χ0v) is 12.6. The molecule has 5 heteroatoms. The summed E-state index contributed by atoms with van der Waals surface area (Å²) in [6.45, 7) is 5.79. The van der Waals surface area contributed by atoms with E-state index in [4.69, 9.17) is 4.74 Å². The Hall–Kier alpha value is -1.91. The van der Waals surface area contributed by atoms with E-state index in [1.165, 1.54) is 17.0 Å². The number of carbonyl (C=O) groups is 2. The highest BCUT2D eigenvalue weighted by atomic mass is 19.1. The maximum absolute atomic E-state index is 13.2. The molecule has 2 rings (SSSR count). The molecule has 1 aromatic rings. The number of ether oxygens (including phenoxy) is 1. The van der Waals surface area contributed by atoms with Crippen molar-refractivity contribution >= 4 is 11.9 Å². The summed E-state index contributed by atoms with van der Waals surface area (Å²) in [5, 5.41) is 0. The highest BCUT2D eigenvalue weighted by molar-refractivity contribution is 5.90. The molecule has 0 bridgehead atoms. The molecular weight excluding hydrogens is 273 g/mol. The van der Waals surface area contributed by atoms with Gasteiger partial charge in [-0.05, 0) is 44.9 Å². The van der Waals surface area contributed by atoms with Crippen LogP contribution in [0.25, 0.3) is 0 Å². The van der Waals surface area contributed by atoms with Gasteiger partial charge in [-0.15, -0.1) is 0 Å². The molecule has 1 fully saturated rings. The minimum Gasteiger partial charge on any atom is -0.444 e. The van der Waals surface area contributed by atoms with Crippen molar-refractivity contribution in [3.8, 4) is 0 Å². The van der Waals surface area contributed by atoms with E-state index in [1.54, 1.807) is 32.9 Å². The van der Waals surface area contributed by atoms with Gasteiger partial charge in [-0.3, -0.25) is 4.79 Å². The Morgan fingerprint density at radius 2 is 2.10 bits per heavy atom. The van der Waals surface area contributed by atoms with Gasteiger partial charge >= 0.3 is 6.09 Å². The van der Waals surface area contributed by atoms with Crippen LogP contribution < -0.4 is 0 Å². The first-order chi connectivity index (χ1) is 9.76. The summed E-state index contributed by atoms with van der Waals surface area (Å²) in [5.41, 5.74) is 0.0864. The van der Waals surface area contributed by atoms with Gasteiger partial charge in [-0.25, -0.2) is 9.18 Å². The summed E-state index contributed by atoms with van der Waals surface area (Å²) < 4.78 is 18.5. The Morgan fingerprint density at radius 1 is 1.38 bits per heavy atom. The van der Waals surface area contributed by atoms with Crippen molar-refractivity contribution in [3.05, 3.63) is 35.6 Å². The molecule has 0 radical (unpaired) electrons. The Bertz CT molecular complexity index is 551. The van der Waals surface area contributed by atoms with Gasteiger partial charge in [0.05, 0.1) is 6.54 Å². The third-order valence-electron chi connectivity index (χ3n) is 3.33. The molecule has 114 valence electrons. The number of nitrogens with zero attached hydrogens (tertiary/aromatic N) is 1. The van der Waals surface area contributed by atoms with E-state index >= 15 is 0 Å². The summed E-state index contributed by atoms with van der Waals surface area (Å²) in [5.74, 6) is -0.785. The molecule has 1 heterocycles. The van der Waals surface area contributed by atoms with Crippen LogP contribution in [0.15, 0.2) is 24.3 Å². The summed E-state index contributed by atoms with van der Waals surface area (Å²) in [7, 11) is 0. The van der Waals surface area contributed by atoms with Crippen molar-refractivity contribution in [1.82, 2.24) is 4.90 Å². The van der Waals surface area contributed by atoms with E-state index in [2.05, 4.69) is 0 Å². The Balaban J connectivity index is 2.03. The third-order valence-corrected chi connectivity index (χ3v) is 3.33. The third kappa shape index (κ3) is 4.03. The zero-order valence-electron chi connectivity index (χ0n) is 12.6. The van der Waals surface area contributed by atoms with Crippen LogP contribution in [0.1, 0.15) is 38.7 Å². The highest BCUT2D eigenvalue weighted by Crippen LogP contribution is 2.26. The molecule has 1 aliphatic heterocycles. The number of hydrogen-bond donors (Lipinski definition) is 0. The van der Waals surface area contributed by atoms with Crippen molar-refractivity contribution in [2.75, 3.05) is 13.1 Å². The molecule has 1 saturated heterocycles. The van der Waals surface area contributed by atoms with Gasteiger partial charge in [0.2, 0.25) is 0 Å². The van der Waals surface area contributed by atoms with Gasteiger partial charge in [0.25, 0.3) is 0 Å². The lowest BCUT2D eigenvalue weighted by molar-refractivity contribution is -0.123. The molecule has 4 nitrogen and oxygen atoms in total. The zero-order chi connectivity index (χ0) is 15.6. The molecule has 21 heavy (non-hydrogen) atoms. The number of halogens is 1. The summed E-state index contributed by atoms with van der Waals surface area (Å²) in [4.78, 5) is 25.6. The maximum Gasteiger partial charge on any atom is 0.410 e. The van der Waals surface area contributed by atoms with Crippen LogP contribution in [0.2, 0.25) is 0 Å². The van der Waals surface area contributed by atoms with Crippen molar-refractivity contribution in [2.24, 2.45) is 0 Å². The van der Waals surface area contributed by atoms with Crippen LogP contribution >= 0.6 is 0 Å². The van der Waals surface area contributed by atoms with Crippen LogP contribution in [0, 0.1) is 5.82 Å². The molecule has 0 spiro atoms. The van der Waals surface area contributed by atoms with Gasteiger partial charge in [-0.1, -0.05) is 12.1 Å². The van der Waals surface area contributed by atoms with Crippen LogP contribution in [0.5, 0.6) is 0 Å². The number of likely N-dealkylation sites (tertiary alicyclic amines) is 1. The number of rotatable bonds is 1. The molecule has 0 N–H and O–H groups in total. The fraction of sp³-hybridized carbons (Fsp3) is 0.500. The fourth-order valence-corrected chi connectivity index (χ4v) is 2.38. The van der Waals surface area contributed by atoms with Gasteiger partial charge in [-0.2, -0.15) is 0 Å². The first kappa shape index (κ1) is 15.5. The van der Waals surface area contributed by atoms with Crippen LogP contribution in [0.3, 0.4) is 0 Å². The quantitative estimate of drug-likeness (QED) is 0.799. The fourth-order valence-electron chi connectivity index (χ4n) is 2.38. The number of benzene rings is 1. The summed E-state index contributed by atoms with van der Waals surface area (Å²) in [6, 6.07) is 6.07. The van der Waals surface area contributed by atoms with Gasteiger partial charge in [0, 0.05) is 12.5 Å². The second-order valence-electron chi connectivity index (χ2n) is 6.26. The van der Waals surface area contributed by atoms with E-state index in [-0.39, 0.29) is 24.1 Å². The molecule has 1 unspecified atom stereocenters. The summed E-state index contributed by atoms with van der Waals surface area (Å²) >= 11 is 0. The normalized spacial score (nSPS) is 19.5. The maximum atomic E-state index is 13.2. The Morgan fingerprint density at radius 3 is 2.67 bits per heavy atom. The molecule has 1 aliphatic rings. The minimum atomic E-state index is -0.584. The topological polar surface area (TPSA) is 46.6 Å². The van der Waals surface area contributed by atoms with Crippen molar-refractivity contribution < 1.29 is 18.7 Å². The second kappa shape index (κ2) is 5.84. The average Bonchev–Trinajstić information content (AvgIpc) is 2.36. The molecule has 1 atom stereocenters. The van der Waals surface area contributed by atoms with E-state index < -0.39 is 11.7 Å². The van der Waals surface area contributed by atoms with Gasteiger partial charge < -0.3 is 9.64 Å². The van der Waals surface area contributed by atoms with Crippen LogP contribution in [0.4, 0.5) is 9.18 Å². The van der Waals surface area contributed by atoms with Crippen LogP contribution in [-0.2, 0) is 9.53 Å². The number of Topliss-reactive ketones (excluding diaryl/α,β-unsaturated/α-hetero) is 1. The van der Waals surface area contributed by atoms with E-state index in [9.17, 15) is 14.0 Å². The first-order valence-electron chi connectivity index (χ1n) is 7.02. The molecule has 0 aliphatic carbocycles. The first-order valence-corrected chi connectivity index (χ1v) is 7.02. The van der Waals surface area contributed by atoms with Crippen LogP contribution in [-0.4, -0.2) is 35.5 Å². The standard InChI is InChI=1S/C16H20FNO3/c1-16(2,3)21-15(20)18-8-7-13(14(19)10-18)11-5-4-6-12(17)9-11/h4-6,9,13H,7-8,10H2,1-3H3. The monoisotopic (exact) mass is 293 g/mol. The largest absolute Gasteiger partial charge is 0.444 e. The lowest BCUT2D eigenvalue weighted by Crippen LogP contribution is -2.45. The SMILES string of the molecule is CC(C)(C)OC(=O)N1CCC(c2cccc(F)c2)C(=O)C1. The van der Waals surface area contributed by atoms with E-state index in [0.29, 0.717) is 18.5 Å². The molecular formula is C16H20FNO3. The van der Waals surface area contributed by atoms with E-state index in [1.807, 2.05) is 0 Å². The Labute approximate surface area is 123 Å². The number of carbonyl (C=O) groups excluding carboxylic acids is 2. The molecule has 1 aromatic carbocycles. The van der Waals surface area contributed by atoms with Gasteiger partial charge in [0.15, 0.2) is 5.78 Å². The number of piperidine rings is 1. The number of hydrogen-bond acceptors (Lipinski definition) is 3. The highest BCUT2D eigenvalue weighted by Gasteiger charge is 2.32. The lowest BCUT2D eigenvalue weighted by atomic mass is 9.88. The number of ketones is 1. The number of amides is 1. The van der Waals surface area contributed by atoms with E-state index in [0.717, 1.165) is 0 Å². The Kier molecular flexibility index (Phi) is 4.30.